The van der Waals surface area contributed by atoms with Crippen molar-refractivity contribution in [1.29, 1.82) is 0 Å². The van der Waals surface area contributed by atoms with Gasteiger partial charge in [0.05, 0.1) is 5.41 Å². The average molecular weight is 311 g/mol. The molecule has 0 N–H and O–H groups in total. The lowest BCUT2D eigenvalue weighted by Gasteiger charge is -2.44. The summed E-state index contributed by atoms with van der Waals surface area (Å²) in [6.07, 6.45) is 4.19. The highest BCUT2D eigenvalue weighted by atomic mass is 16.5. The Morgan fingerprint density at radius 3 is 2.14 bits per heavy atom. The molecule has 0 aromatic heterocycles. The van der Waals surface area contributed by atoms with Gasteiger partial charge >= 0.3 is 5.97 Å². The maximum Gasteiger partial charge on any atom is 0.312 e. The monoisotopic (exact) mass is 310 g/mol. The number of esters is 1. The smallest absolute Gasteiger partial charge is 0.312 e. The van der Waals surface area contributed by atoms with Gasteiger partial charge in [-0.3, -0.25) is 4.79 Å². The van der Waals surface area contributed by atoms with Crippen molar-refractivity contribution in [1.82, 2.24) is 0 Å². The second-order valence-electron chi connectivity index (χ2n) is 10.1. The Balaban J connectivity index is 2.88. The van der Waals surface area contributed by atoms with Gasteiger partial charge < -0.3 is 4.74 Å². The summed E-state index contributed by atoms with van der Waals surface area (Å²) < 4.78 is 6.05. The van der Waals surface area contributed by atoms with Gasteiger partial charge in [-0.15, -0.1) is 0 Å². The van der Waals surface area contributed by atoms with Crippen LogP contribution in [0.4, 0.5) is 0 Å². The Labute approximate surface area is 138 Å². The predicted molar refractivity (Wildman–Crippen MR) is 93.7 cm³/mol. The van der Waals surface area contributed by atoms with E-state index in [2.05, 4.69) is 62.3 Å². The standard InChI is InChI=1S/C20H38O2/c1-14(2)11-20(9,18(4,5)6)17(21)22-16-10-15(3)12-19(7,8)13-16/h14-16H,10-13H2,1-9H3. The molecule has 0 aromatic carbocycles. The first-order valence-electron chi connectivity index (χ1n) is 8.98. The summed E-state index contributed by atoms with van der Waals surface area (Å²) in [7, 11) is 0. The number of carbonyl (C=O) groups is 1. The Morgan fingerprint density at radius 1 is 1.18 bits per heavy atom. The van der Waals surface area contributed by atoms with E-state index in [1.54, 1.807) is 0 Å². The van der Waals surface area contributed by atoms with Crippen LogP contribution in [0.1, 0.15) is 88.0 Å². The van der Waals surface area contributed by atoms with Crippen LogP contribution in [-0.2, 0) is 9.53 Å². The molecule has 0 saturated heterocycles. The Hall–Kier alpha value is -0.530. The lowest BCUT2D eigenvalue weighted by Crippen LogP contribution is -2.45. The minimum Gasteiger partial charge on any atom is -0.462 e. The molecule has 2 nitrogen and oxygen atoms in total. The first-order chi connectivity index (χ1) is 9.77. The van der Waals surface area contributed by atoms with Crippen molar-refractivity contribution in [2.24, 2.45) is 28.1 Å². The van der Waals surface area contributed by atoms with Crippen molar-refractivity contribution in [2.45, 2.75) is 94.1 Å². The Bertz CT molecular complexity index is 389. The van der Waals surface area contributed by atoms with Crippen LogP contribution in [0.5, 0.6) is 0 Å². The van der Waals surface area contributed by atoms with Crippen LogP contribution in [0.15, 0.2) is 0 Å². The van der Waals surface area contributed by atoms with Crippen molar-refractivity contribution in [3.63, 3.8) is 0 Å². The molecule has 3 unspecified atom stereocenters. The highest BCUT2D eigenvalue weighted by Gasteiger charge is 2.47. The molecule has 2 heteroatoms. The molecule has 0 spiro atoms. The van der Waals surface area contributed by atoms with E-state index in [4.69, 9.17) is 4.74 Å². The van der Waals surface area contributed by atoms with E-state index in [1.165, 1.54) is 6.42 Å². The average Bonchev–Trinajstić information content (AvgIpc) is 2.22. The fourth-order valence-electron chi connectivity index (χ4n) is 4.14. The van der Waals surface area contributed by atoms with Crippen LogP contribution in [0.3, 0.4) is 0 Å². The minimum absolute atomic E-state index is 0.00333. The topological polar surface area (TPSA) is 26.3 Å². The molecule has 0 radical (unpaired) electrons. The molecule has 1 fully saturated rings. The van der Waals surface area contributed by atoms with E-state index in [0.29, 0.717) is 11.8 Å². The van der Waals surface area contributed by atoms with Crippen molar-refractivity contribution in [2.75, 3.05) is 0 Å². The van der Waals surface area contributed by atoms with E-state index < -0.39 is 5.41 Å². The molecule has 1 aliphatic carbocycles. The molecule has 0 aliphatic heterocycles. The molecule has 1 rings (SSSR count). The third kappa shape index (κ3) is 4.73. The maximum absolute atomic E-state index is 13.0. The van der Waals surface area contributed by atoms with Gasteiger partial charge in [-0.05, 0) is 55.3 Å². The van der Waals surface area contributed by atoms with E-state index >= 15 is 0 Å². The van der Waals surface area contributed by atoms with Gasteiger partial charge in [-0.2, -0.15) is 0 Å². The second-order valence-corrected chi connectivity index (χ2v) is 10.1. The first kappa shape index (κ1) is 19.5. The van der Waals surface area contributed by atoms with Gasteiger partial charge in [0.15, 0.2) is 0 Å². The summed E-state index contributed by atoms with van der Waals surface area (Å²) in [5.74, 6) is 1.12. The Kier molecular flexibility index (Phi) is 5.79. The number of rotatable bonds is 4. The fraction of sp³-hybridized carbons (Fsp3) is 0.950. The van der Waals surface area contributed by atoms with E-state index in [-0.39, 0.29) is 22.9 Å². The SMILES string of the molecule is CC(C)CC(C)(C(=O)OC1CC(C)CC(C)(C)C1)C(C)(C)C. The van der Waals surface area contributed by atoms with Crippen molar-refractivity contribution >= 4 is 5.97 Å². The van der Waals surface area contributed by atoms with Crippen LogP contribution in [0, 0.1) is 28.1 Å². The summed E-state index contributed by atoms with van der Waals surface area (Å²) in [5.41, 5.74) is -0.241. The molecular weight excluding hydrogens is 272 g/mol. The molecule has 0 amide bonds. The quantitative estimate of drug-likeness (QED) is 0.609. The summed E-state index contributed by atoms with van der Waals surface area (Å²) in [5, 5.41) is 0. The van der Waals surface area contributed by atoms with Gasteiger partial charge in [-0.1, -0.05) is 55.4 Å². The zero-order valence-electron chi connectivity index (χ0n) is 16.4. The highest BCUT2D eigenvalue weighted by molar-refractivity contribution is 5.77. The molecule has 0 heterocycles. The molecule has 0 aromatic rings. The third-order valence-electron chi connectivity index (χ3n) is 5.54. The third-order valence-corrected chi connectivity index (χ3v) is 5.54. The van der Waals surface area contributed by atoms with Crippen molar-refractivity contribution < 1.29 is 9.53 Å². The molecular formula is C20H38O2. The van der Waals surface area contributed by atoms with Gasteiger partial charge in [0.25, 0.3) is 0 Å². The summed E-state index contributed by atoms with van der Waals surface area (Å²) in [4.78, 5) is 13.0. The van der Waals surface area contributed by atoms with Crippen LogP contribution in [0.25, 0.3) is 0 Å². The lowest BCUT2D eigenvalue weighted by atomic mass is 9.64. The van der Waals surface area contributed by atoms with Crippen molar-refractivity contribution in [3.05, 3.63) is 0 Å². The van der Waals surface area contributed by atoms with Gasteiger partial charge in [0, 0.05) is 0 Å². The van der Waals surface area contributed by atoms with Crippen LogP contribution in [-0.4, -0.2) is 12.1 Å². The Morgan fingerprint density at radius 2 is 1.73 bits per heavy atom. The molecule has 1 aliphatic rings. The molecule has 1 saturated carbocycles. The van der Waals surface area contributed by atoms with Gasteiger partial charge in [0.1, 0.15) is 6.10 Å². The number of hydrogen-bond donors (Lipinski definition) is 0. The highest BCUT2D eigenvalue weighted by Crippen LogP contribution is 2.46. The zero-order valence-corrected chi connectivity index (χ0v) is 16.4. The number of ether oxygens (including phenoxy) is 1. The number of hydrogen-bond acceptors (Lipinski definition) is 2. The fourth-order valence-corrected chi connectivity index (χ4v) is 4.14. The second kappa shape index (κ2) is 6.53. The largest absolute Gasteiger partial charge is 0.462 e. The molecule has 22 heavy (non-hydrogen) atoms. The molecule has 130 valence electrons. The predicted octanol–water partition coefficient (Wildman–Crippen LogP) is 5.84. The van der Waals surface area contributed by atoms with Crippen LogP contribution >= 0.6 is 0 Å². The first-order valence-corrected chi connectivity index (χ1v) is 8.98. The van der Waals surface area contributed by atoms with E-state index in [9.17, 15) is 4.79 Å². The zero-order chi connectivity index (χ0) is 17.3. The summed E-state index contributed by atoms with van der Waals surface area (Å²) in [6, 6.07) is 0. The van der Waals surface area contributed by atoms with Crippen LogP contribution < -0.4 is 0 Å². The minimum atomic E-state index is -0.425. The lowest BCUT2D eigenvalue weighted by molar-refractivity contribution is -0.173. The summed E-state index contributed by atoms with van der Waals surface area (Å²) in [6.45, 7) is 19.8. The van der Waals surface area contributed by atoms with Gasteiger partial charge in [0.2, 0.25) is 0 Å². The van der Waals surface area contributed by atoms with Crippen molar-refractivity contribution in [3.8, 4) is 0 Å². The molecule has 0 bridgehead atoms. The van der Waals surface area contributed by atoms with Crippen LogP contribution in [0.2, 0.25) is 0 Å². The summed E-state index contributed by atoms with van der Waals surface area (Å²) >= 11 is 0. The number of carbonyl (C=O) groups excluding carboxylic acids is 1. The van der Waals surface area contributed by atoms with Gasteiger partial charge in [-0.25, -0.2) is 0 Å². The van der Waals surface area contributed by atoms with E-state index in [1.807, 2.05) is 0 Å². The maximum atomic E-state index is 13.0. The normalized spacial score (nSPS) is 28.3. The molecule has 3 atom stereocenters. The van der Waals surface area contributed by atoms with E-state index in [0.717, 1.165) is 19.3 Å².